The molecular formula is C12H22O10S. The first-order valence-corrected chi connectivity index (χ1v) is 8.02. The van der Waals surface area contributed by atoms with E-state index in [9.17, 15) is 30.6 Å². The van der Waals surface area contributed by atoms with Crippen LogP contribution in [0.25, 0.3) is 0 Å². The first-order valence-electron chi connectivity index (χ1n) is 7.08. The summed E-state index contributed by atoms with van der Waals surface area (Å²) in [5.74, 6) is 0. The Morgan fingerprint density at radius 3 is 1.74 bits per heavy atom. The largest absolute Gasteiger partial charge is 0.394 e. The van der Waals surface area contributed by atoms with Crippen molar-refractivity contribution in [2.45, 2.75) is 59.7 Å². The molecule has 0 amide bonds. The third-order valence-corrected chi connectivity index (χ3v) is 5.47. The zero-order chi connectivity index (χ0) is 17.3. The molecule has 0 unspecified atom stereocenters. The Bertz CT molecular complexity index is 385. The molecule has 2 aliphatic heterocycles. The van der Waals surface area contributed by atoms with Gasteiger partial charge in [0.05, 0.1) is 24.6 Å². The molecule has 11 heteroatoms. The van der Waals surface area contributed by atoms with Crippen LogP contribution in [0.4, 0.5) is 0 Å². The van der Waals surface area contributed by atoms with E-state index in [-0.39, 0.29) is 0 Å². The van der Waals surface area contributed by atoms with Crippen molar-refractivity contribution in [1.82, 2.24) is 0 Å². The van der Waals surface area contributed by atoms with Gasteiger partial charge in [-0.2, -0.15) is 0 Å². The molecule has 2 rings (SSSR count). The second kappa shape index (κ2) is 7.89. The Morgan fingerprint density at radius 2 is 1.17 bits per heavy atom. The number of hydrogen-bond acceptors (Lipinski definition) is 11. The molecule has 0 aliphatic carbocycles. The summed E-state index contributed by atoms with van der Waals surface area (Å²) < 4.78 is 10.2. The van der Waals surface area contributed by atoms with Crippen LogP contribution in [0.2, 0.25) is 0 Å². The molecule has 136 valence electrons. The maximum absolute atomic E-state index is 10.0. The van der Waals surface area contributed by atoms with Crippen LogP contribution in [0.1, 0.15) is 0 Å². The van der Waals surface area contributed by atoms with Crippen LogP contribution in [0.5, 0.6) is 0 Å². The van der Waals surface area contributed by atoms with Gasteiger partial charge < -0.3 is 50.3 Å². The molecule has 10 atom stereocenters. The average Bonchev–Trinajstić information content (AvgIpc) is 2.54. The molecule has 23 heavy (non-hydrogen) atoms. The second-order valence-corrected chi connectivity index (χ2v) is 6.81. The van der Waals surface area contributed by atoms with Crippen molar-refractivity contribution in [1.29, 1.82) is 0 Å². The van der Waals surface area contributed by atoms with Gasteiger partial charge in [0.15, 0.2) is 6.29 Å². The summed E-state index contributed by atoms with van der Waals surface area (Å²) in [6.45, 7) is -1.21. The monoisotopic (exact) mass is 358 g/mol. The van der Waals surface area contributed by atoms with Gasteiger partial charge in [0.2, 0.25) is 0 Å². The summed E-state index contributed by atoms with van der Waals surface area (Å²) >= 11 is 0.686. The average molecular weight is 358 g/mol. The normalized spacial score (nSPS) is 51.7. The molecule has 2 fully saturated rings. The van der Waals surface area contributed by atoms with E-state index in [1.807, 2.05) is 0 Å². The minimum atomic E-state index is -1.59. The zero-order valence-electron chi connectivity index (χ0n) is 12.0. The molecule has 0 spiro atoms. The molecule has 0 bridgehead atoms. The van der Waals surface area contributed by atoms with Crippen LogP contribution in [-0.2, 0) is 9.47 Å². The van der Waals surface area contributed by atoms with E-state index in [1.54, 1.807) is 0 Å². The summed E-state index contributed by atoms with van der Waals surface area (Å²) in [6.07, 6.45) is -11.5. The predicted octanol–water partition coefficient (Wildman–Crippen LogP) is -4.68. The summed E-state index contributed by atoms with van der Waals surface area (Å²) in [5, 5.41) is 76.1. The fourth-order valence-electron chi connectivity index (χ4n) is 2.55. The predicted molar refractivity (Wildman–Crippen MR) is 75.1 cm³/mol. The lowest BCUT2D eigenvalue weighted by atomic mass is 10.0. The van der Waals surface area contributed by atoms with E-state index in [0.717, 1.165) is 0 Å². The Labute approximate surface area is 135 Å². The van der Waals surface area contributed by atoms with Gasteiger partial charge in [-0.15, -0.1) is 11.8 Å². The first-order chi connectivity index (χ1) is 10.8. The van der Waals surface area contributed by atoms with Crippen LogP contribution < -0.4 is 0 Å². The van der Waals surface area contributed by atoms with Crippen molar-refractivity contribution < 1.29 is 50.3 Å². The van der Waals surface area contributed by atoms with Crippen molar-refractivity contribution >= 4 is 11.8 Å². The van der Waals surface area contributed by atoms with Crippen LogP contribution in [0.15, 0.2) is 0 Å². The molecule has 8 N–H and O–H groups in total. The standard InChI is InChI=1S/C12H22O10S/c13-1-3-6(16)8(18)10(11(20)21-3)23-12-9(19)7(17)5(15)4(2-14)22-12/h3-20H,1-2H2/t3-,4-,5-,6-,7+,8+,9-,10-,11-,12+/m1/s1. The summed E-state index contributed by atoms with van der Waals surface area (Å²) in [5.41, 5.74) is -1.19. The van der Waals surface area contributed by atoms with Gasteiger partial charge in [-0.1, -0.05) is 0 Å². The third-order valence-electron chi connectivity index (χ3n) is 3.98. The van der Waals surface area contributed by atoms with Crippen molar-refractivity contribution in [3.05, 3.63) is 0 Å². The number of hydrogen-bond donors (Lipinski definition) is 8. The lowest BCUT2D eigenvalue weighted by molar-refractivity contribution is -0.236. The molecule has 0 aromatic rings. The molecule has 2 aliphatic rings. The van der Waals surface area contributed by atoms with E-state index >= 15 is 0 Å². The Hall–Kier alpha value is -0.0500. The fourth-order valence-corrected chi connectivity index (χ4v) is 3.91. The first kappa shape index (κ1) is 19.3. The number of rotatable bonds is 4. The van der Waals surface area contributed by atoms with E-state index in [2.05, 4.69) is 0 Å². The number of ether oxygens (including phenoxy) is 2. The van der Waals surface area contributed by atoms with E-state index < -0.39 is 72.9 Å². The minimum Gasteiger partial charge on any atom is -0.394 e. The number of aliphatic hydroxyl groups is 8. The molecule has 2 saturated heterocycles. The Balaban J connectivity index is 2.08. The smallest absolute Gasteiger partial charge is 0.169 e. The Morgan fingerprint density at radius 1 is 0.652 bits per heavy atom. The molecule has 2 heterocycles. The Kier molecular flexibility index (Phi) is 6.61. The third kappa shape index (κ3) is 3.80. The number of aliphatic hydroxyl groups excluding tert-OH is 8. The van der Waals surface area contributed by atoms with Gasteiger partial charge in [0.25, 0.3) is 0 Å². The highest BCUT2D eigenvalue weighted by Crippen LogP contribution is 2.36. The molecule has 0 aromatic carbocycles. The van der Waals surface area contributed by atoms with Gasteiger partial charge in [-0.05, 0) is 0 Å². The topological polar surface area (TPSA) is 180 Å². The zero-order valence-corrected chi connectivity index (χ0v) is 12.8. The highest BCUT2D eigenvalue weighted by Gasteiger charge is 2.49. The second-order valence-electron chi connectivity index (χ2n) is 5.53. The molecular weight excluding hydrogens is 336 g/mol. The van der Waals surface area contributed by atoms with E-state index in [4.69, 9.17) is 19.7 Å². The molecule has 0 saturated carbocycles. The fraction of sp³-hybridized carbons (Fsp3) is 1.00. The van der Waals surface area contributed by atoms with Gasteiger partial charge in [0.1, 0.15) is 42.1 Å². The van der Waals surface area contributed by atoms with E-state index in [0.29, 0.717) is 11.8 Å². The SMILES string of the molecule is OC[C@H]1O[C@@H](S[C@@H]2[C@@H](O)[C@H](O)[C@@H](CO)O[C@H]2O)[C@H](O)[C@@H](O)[C@@H]1O. The lowest BCUT2D eigenvalue weighted by Gasteiger charge is -2.44. The maximum Gasteiger partial charge on any atom is 0.169 e. The van der Waals surface area contributed by atoms with Gasteiger partial charge in [0, 0.05) is 0 Å². The van der Waals surface area contributed by atoms with Crippen LogP contribution in [0.3, 0.4) is 0 Å². The van der Waals surface area contributed by atoms with Crippen molar-refractivity contribution in [3.8, 4) is 0 Å². The lowest BCUT2D eigenvalue weighted by Crippen LogP contribution is -2.61. The van der Waals surface area contributed by atoms with Crippen LogP contribution in [0, 0.1) is 0 Å². The van der Waals surface area contributed by atoms with Gasteiger partial charge >= 0.3 is 0 Å². The maximum atomic E-state index is 10.0. The highest BCUT2D eigenvalue weighted by molar-refractivity contribution is 8.00. The quantitative estimate of drug-likeness (QED) is 0.242. The summed E-state index contributed by atoms with van der Waals surface area (Å²) in [7, 11) is 0. The number of thioether (sulfide) groups is 1. The molecule has 0 radical (unpaired) electrons. The van der Waals surface area contributed by atoms with Gasteiger partial charge in [-0.25, -0.2) is 0 Å². The summed E-state index contributed by atoms with van der Waals surface area (Å²) in [4.78, 5) is 0. The minimum absolute atomic E-state index is 0.604. The van der Waals surface area contributed by atoms with Crippen molar-refractivity contribution in [3.63, 3.8) is 0 Å². The van der Waals surface area contributed by atoms with Crippen LogP contribution in [-0.4, -0.2) is 114 Å². The van der Waals surface area contributed by atoms with Crippen molar-refractivity contribution in [2.24, 2.45) is 0 Å². The summed E-state index contributed by atoms with van der Waals surface area (Å²) in [6, 6.07) is 0. The molecule has 0 aromatic heterocycles. The van der Waals surface area contributed by atoms with Crippen molar-refractivity contribution in [2.75, 3.05) is 13.2 Å². The molecule has 10 nitrogen and oxygen atoms in total. The highest BCUT2D eigenvalue weighted by atomic mass is 32.2. The van der Waals surface area contributed by atoms with Gasteiger partial charge in [-0.3, -0.25) is 0 Å². The van der Waals surface area contributed by atoms with Crippen LogP contribution >= 0.6 is 11.8 Å². The van der Waals surface area contributed by atoms with E-state index in [1.165, 1.54) is 0 Å².